The fraction of sp³-hybridized carbons (Fsp3) is 0.375. The van der Waals surface area contributed by atoms with Crippen molar-refractivity contribution in [1.29, 1.82) is 0 Å². The summed E-state index contributed by atoms with van der Waals surface area (Å²) in [6, 6.07) is 6.65. The lowest BCUT2D eigenvalue weighted by Gasteiger charge is -2.32. The lowest BCUT2D eigenvalue weighted by atomic mass is 9.76. The number of carboxylic acids is 1. The highest BCUT2D eigenvalue weighted by Crippen LogP contribution is 2.33. The number of halogens is 1. The molecule has 0 radical (unpaired) electrons. The molecule has 0 saturated carbocycles. The van der Waals surface area contributed by atoms with Crippen molar-refractivity contribution in [2.45, 2.75) is 32.7 Å². The first kappa shape index (κ1) is 16.2. The molecule has 6 heteroatoms. The molecule has 0 bridgehead atoms. The fourth-order valence-corrected chi connectivity index (χ4v) is 2.49. The molecule has 0 unspecified atom stereocenters. The summed E-state index contributed by atoms with van der Waals surface area (Å²) in [5.74, 6) is -1.50. The van der Waals surface area contributed by atoms with Gasteiger partial charge < -0.3 is 10.8 Å². The number of aromatic nitrogens is 2. The zero-order valence-corrected chi connectivity index (χ0v) is 12.9. The Morgan fingerprint density at radius 1 is 1.32 bits per heavy atom. The van der Waals surface area contributed by atoms with Gasteiger partial charge in [-0.25, -0.2) is 13.9 Å². The molecule has 3 N–H and O–H groups in total. The van der Waals surface area contributed by atoms with Crippen LogP contribution in [0.5, 0.6) is 0 Å². The van der Waals surface area contributed by atoms with Gasteiger partial charge in [0.2, 0.25) is 0 Å². The number of nitrogens with two attached hydrogens (primary N) is 1. The maximum atomic E-state index is 13.0. The molecule has 2 aromatic rings. The van der Waals surface area contributed by atoms with Crippen molar-refractivity contribution < 1.29 is 14.3 Å². The third-order valence-corrected chi connectivity index (χ3v) is 3.39. The number of nitrogens with zero attached hydrogens (tertiary/aromatic N) is 2. The molecule has 1 heterocycles. The SMILES string of the molecule is CC(C)(C)C[C@](N)(C(=O)O)c1ccc(-n2cc(F)cn2)cc1. The summed E-state index contributed by atoms with van der Waals surface area (Å²) in [4.78, 5) is 11.7. The molecule has 0 saturated heterocycles. The van der Waals surface area contributed by atoms with Crippen molar-refractivity contribution in [3.63, 3.8) is 0 Å². The molecule has 1 aromatic heterocycles. The summed E-state index contributed by atoms with van der Waals surface area (Å²) in [5.41, 5.74) is 5.60. The third-order valence-electron chi connectivity index (χ3n) is 3.39. The van der Waals surface area contributed by atoms with Gasteiger partial charge >= 0.3 is 5.97 Å². The first-order valence-electron chi connectivity index (χ1n) is 6.95. The Labute approximate surface area is 128 Å². The average Bonchev–Trinajstić information content (AvgIpc) is 2.83. The first-order valence-corrected chi connectivity index (χ1v) is 6.95. The first-order chi connectivity index (χ1) is 10.1. The summed E-state index contributed by atoms with van der Waals surface area (Å²) < 4.78 is 14.4. The van der Waals surface area contributed by atoms with Crippen LogP contribution >= 0.6 is 0 Å². The topological polar surface area (TPSA) is 81.1 Å². The Kier molecular flexibility index (Phi) is 4.06. The van der Waals surface area contributed by atoms with E-state index in [-0.39, 0.29) is 5.41 Å². The summed E-state index contributed by atoms with van der Waals surface area (Å²) >= 11 is 0. The lowest BCUT2D eigenvalue weighted by Crippen LogP contribution is -2.47. The average molecular weight is 305 g/mol. The standard InChI is InChI=1S/C16H20FN3O2/c1-15(2,3)10-16(18,14(21)22)11-4-6-13(7-5-11)20-9-12(17)8-19-20/h4-9H,10,18H2,1-3H3,(H,21,22)/t16-/m1/s1. The van der Waals surface area contributed by atoms with Crippen molar-refractivity contribution >= 4 is 5.97 Å². The van der Waals surface area contributed by atoms with Gasteiger partial charge in [-0.1, -0.05) is 32.9 Å². The van der Waals surface area contributed by atoms with Gasteiger partial charge in [0, 0.05) is 0 Å². The Hall–Kier alpha value is -2.21. The van der Waals surface area contributed by atoms with Crippen LogP contribution in [0.3, 0.4) is 0 Å². The molecular weight excluding hydrogens is 285 g/mol. The highest BCUT2D eigenvalue weighted by atomic mass is 19.1. The van der Waals surface area contributed by atoms with Gasteiger partial charge in [0.05, 0.1) is 18.1 Å². The van der Waals surface area contributed by atoms with Crippen LogP contribution in [-0.2, 0) is 10.3 Å². The number of hydrogen-bond acceptors (Lipinski definition) is 3. The molecule has 5 nitrogen and oxygen atoms in total. The number of carboxylic acid groups (broad SMARTS) is 1. The zero-order valence-electron chi connectivity index (χ0n) is 12.9. The lowest BCUT2D eigenvalue weighted by molar-refractivity contribution is -0.145. The van der Waals surface area contributed by atoms with Crippen LogP contribution in [0.4, 0.5) is 4.39 Å². The normalized spacial score (nSPS) is 14.6. The predicted octanol–water partition coefficient (Wildman–Crippen LogP) is 2.69. The molecule has 1 aromatic carbocycles. The number of carbonyl (C=O) groups is 1. The molecule has 0 amide bonds. The number of aliphatic carboxylic acids is 1. The van der Waals surface area contributed by atoms with Gasteiger partial charge in [-0.2, -0.15) is 5.10 Å². The third kappa shape index (κ3) is 3.33. The van der Waals surface area contributed by atoms with Crippen LogP contribution in [0.15, 0.2) is 36.7 Å². The number of hydrogen-bond donors (Lipinski definition) is 2. The van der Waals surface area contributed by atoms with Crippen LogP contribution < -0.4 is 5.73 Å². The minimum Gasteiger partial charge on any atom is -0.480 e. The van der Waals surface area contributed by atoms with E-state index in [1.54, 1.807) is 24.3 Å². The van der Waals surface area contributed by atoms with Crippen molar-refractivity contribution in [1.82, 2.24) is 9.78 Å². The largest absolute Gasteiger partial charge is 0.480 e. The highest BCUT2D eigenvalue weighted by molar-refractivity contribution is 5.80. The van der Waals surface area contributed by atoms with Crippen LogP contribution in [-0.4, -0.2) is 20.9 Å². The number of rotatable bonds is 4. The molecular formula is C16H20FN3O2. The van der Waals surface area contributed by atoms with Crippen LogP contribution in [0, 0.1) is 11.2 Å². The summed E-state index contributed by atoms with van der Waals surface area (Å²) in [7, 11) is 0. The van der Waals surface area contributed by atoms with E-state index in [2.05, 4.69) is 5.10 Å². The molecule has 0 aliphatic heterocycles. The smallest absolute Gasteiger partial charge is 0.328 e. The molecule has 118 valence electrons. The maximum Gasteiger partial charge on any atom is 0.328 e. The van der Waals surface area contributed by atoms with Crippen LogP contribution in [0.2, 0.25) is 0 Å². The zero-order chi connectivity index (χ0) is 16.5. The van der Waals surface area contributed by atoms with Gasteiger partial charge in [0.25, 0.3) is 0 Å². The maximum absolute atomic E-state index is 13.0. The fourth-order valence-electron chi connectivity index (χ4n) is 2.49. The minimum atomic E-state index is -1.47. The minimum absolute atomic E-state index is 0.239. The highest BCUT2D eigenvalue weighted by Gasteiger charge is 2.39. The van der Waals surface area contributed by atoms with Gasteiger partial charge in [-0.15, -0.1) is 0 Å². The second kappa shape index (κ2) is 5.53. The second-order valence-corrected chi connectivity index (χ2v) is 6.66. The monoisotopic (exact) mass is 305 g/mol. The molecule has 22 heavy (non-hydrogen) atoms. The van der Waals surface area contributed by atoms with E-state index in [0.717, 1.165) is 6.20 Å². The molecule has 0 fully saturated rings. The van der Waals surface area contributed by atoms with Crippen LogP contribution in [0.25, 0.3) is 5.69 Å². The molecule has 0 spiro atoms. The van der Waals surface area contributed by atoms with E-state index in [4.69, 9.17) is 5.73 Å². The Morgan fingerprint density at radius 2 is 1.91 bits per heavy atom. The molecule has 2 rings (SSSR count). The van der Waals surface area contributed by atoms with E-state index in [9.17, 15) is 14.3 Å². The predicted molar refractivity (Wildman–Crippen MR) is 81.1 cm³/mol. The molecule has 1 atom stereocenters. The van der Waals surface area contributed by atoms with E-state index in [0.29, 0.717) is 17.7 Å². The van der Waals surface area contributed by atoms with Crippen molar-refractivity contribution in [2.75, 3.05) is 0 Å². The van der Waals surface area contributed by atoms with Gasteiger partial charge in [-0.3, -0.25) is 0 Å². The Bertz CT molecular complexity index is 673. The van der Waals surface area contributed by atoms with E-state index >= 15 is 0 Å². The number of benzene rings is 1. The van der Waals surface area contributed by atoms with Crippen molar-refractivity contribution in [3.05, 3.63) is 48.0 Å². The quantitative estimate of drug-likeness (QED) is 0.910. The van der Waals surface area contributed by atoms with Gasteiger partial charge in [0.15, 0.2) is 5.82 Å². The van der Waals surface area contributed by atoms with Crippen molar-refractivity contribution in [2.24, 2.45) is 11.1 Å². The van der Waals surface area contributed by atoms with Gasteiger partial charge in [0.1, 0.15) is 5.54 Å². The Morgan fingerprint density at radius 3 is 2.32 bits per heavy atom. The van der Waals surface area contributed by atoms with Gasteiger partial charge in [-0.05, 0) is 29.5 Å². The molecule has 0 aliphatic rings. The molecule has 0 aliphatic carbocycles. The van der Waals surface area contributed by atoms with Crippen molar-refractivity contribution in [3.8, 4) is 5.69 Å². The summed E-state index contributed by atoms with van der Waals surface area (Å²) in [5, 5.41) is 13.4. The van der Waals surface area contributed by atoms with E-state index < -0.39 is 17.3 Å². The second-order valence-electron chi connectivity index (χ2n) is 6.66. The van der Waals surface area contributed by atoms with E-state index in [1.807, 2.05) is 20.8 Å². The van der Waals surface area contributed by atoms with E-state index in [1.165, 1.54) is 10.9 Å². The van der Waals surface area contributed by atoms with Crippen LogP contribution in [0.1, 0.15) is 32.8 Å². The summed E-state index contributed by atoms with van der Waals surface area (Å²) in [6.45, 7) is 5.83. The Balaban J connectivity index is 2.36. The summed E-state index contributed by atoms with van der Waals surface area (Å²) in [6.07, 6.45) is 2.65.